The van der Waals surface area contributed by atoms with Crippen molar-refractivity contribution in [2.45, 2.75) is 33.9 Å². The fourth-order valence-corrected chi connectivity index (χ4v) is 1.36. The molecule has 0 aliphatic carbocycles. The van der Waals surface area contributed by atoms with Crippen molar-refractivity contribution >= 4 is 6.03 Å². The Bertz CT molecular complexity index is 430. The number of urea groups is 1. The molecule has 4 nitrogen and oxygen atoms in total. The van der Waals surface area contributed by atoms with Gasteiger partial charge in [0.05, 0.1) is 6.61 Å². The monoisotopic (exact) mass is 262 g/mol. The van der Waals surface area contributed by atoms with E-state index in [4.69, 9.17) is 5.11 Å². The zero-order chi connectivity index (χ0) is 14.3. The van der Waals surface area contributed by atoms with Gasteiger partial charge in [0.2, 0.25) is 0 Å². The smallest absolute Gasteiger partial charge is 0.319 e. The third-order valence-electron chi connectivity index (χ3n) is 2.46. The van der Waals surface area contributed by atoms with Gasteiger partial charge in [0.15, 0.2) is 0 Å². The van der Waals surface area contributed by atoms with Crippen LogP contribution in [0.5, 0.6) is 0 Å². The van der Waals surface area contributed by atoms with Crippen molar-refractivity contribution < 1.29 is 9.90 Å². The van der Waals surface area contributed by atoms with E-state index in [2.05, 4.69) is 31.4 Å². The van der Waals surface area contributed by atoms with Gasteiger partial charge in [0.1, 0.15) is 0 Å². The summed E-state index contributed by atoms with van der Waals surface area (Å²) in [6, 6.07) is 7.22. The van der Waals surface area contributed by atoms with Crippen LogP contribution < -0.4 is 10.6 Å². The first-order valence-corrected chi connectivity index (χ1v) is 6.31. The lowest BCUT2D eigenvalue weighted by molar-refractivity contribution is 0.243. The molecule has 0 atom stereocenters. The van der Waals surface area contributed by atoms with Gasteiger partial charge in [-0.1, -0.05) is 51.1 Å². The van der Waals surface area contributed by atoms with Crippen molar-refractivity contribution in [3.63, 3.8) is 0 Å². The molecule has 1 aromatic carbocycles. The fourth-order valence-electron chi connectivity index (χ4n) is 1.36. The maximum atomic E-state index is 11.5. The van der Waals surface area contributed by atoms with Crippen LogP contribution in [0.25, 0.3) is 0 Å². The van der Waals surface area contributed by atoms with E-state index in [-0.39, 0.29) is 18.1 Å². The van der Waals surface area contributed by atoms with Gasteiger partial charge in [0, 0.05) is 12.7 Å². The number of rotatable bonds is 4. The van der Waals surface area contributed by atoms with Crippen LogP contribution in [-0.2, 0) is 13.2 Å². The van der Waals surface area contributed by atoms with Gasteiger partial charge in [-0.3, -0.25) is 0 Å². The number of benzene rings is 1. The molecule has 104 valence electrons. The highest BCUT2D eigenvalue weighted by Crippen LogP contribution is 2.13. The SMILES string of the molecule is CC(C)(C)/C=C/NC(=O)NCc1ccc(CO)cc1. The summed E-state index contributed by atoms with van der Waals surface area (Å²) >= 11 is 0. The van der Waals surface area contributed by atoms with Crippen LogP contribution in [0.15, 0.2) is 36.5 Å². The number of amides is 2. The lowest BCUT2D eigenvalue weighted by atomic mass is 9.97. The van der Waals surface area contributed by atoms with E-state index in [1.165, 1.54) is 0 Å². The molecule has 0 radical (unpaired) electrons. The minimum atomic E-state index is -0.230. The molecule has 0 unspecified atom stereocenters. The van der Waals surface area contributed by atoms with Crippen LogP contribution in [0.4, 0.5) is 4.79 Å². The molecule has 4 heteroatoms. The van der Waals surface area contributed by atoms with E-state index in [0.29, 0.717) is 6.54 Å². The average molecular weight is 262 g/mol. The first kappa shape index (κ1) is 15.2. The van der Waals surface area contributed by atoms with Crippen molar-refractivity contribution in [2.75, 3.05) is 0 Å². The molecule has 0 bridgehead atoms. The Morgan fingerprint density at radius 3 is 2.32 bits per heavy atom. The number of nitrogens with one attached hydrogen (secondary N) is 2. The lowest BCUT2D eigenvalue weighted by Crippen LogP contribution is -2.31. The minimum Gasteiger partial charge on any atom is -0.392 e. The second kappa shape index (κ2) is 6.95. The van der Waals surface area contributed by atoms with Crippen molar-refractivity contribution in [3.05, 3.63) is 47.7 Å². The van der Waals surface area contributed by atoms with E-state index >= 15 is 0 Å². The second-order valence-electron chi connectivity index (χ2n) is 5.50. The van der Waals surface area contributed by atoms with E-state index in [1.54, 1.807) is 6.20 Å². The first-order valence-electron chi connectivity index (χ1n) is 6.31. The molecule has 1 aromatic rings. The summed E-state index contributed by atoms with van der Waals surface area (Å²) in [7, 11) is 0. The molecule has 3 N–H and O–H groups in total. The maximum Gasteiger partial charge on any atom is 0.319 e. The third-order valence-corrected chi connectivity index (χ3v) is 2.46. The zero-order valence-corrected chi connectivity index (χ0v) is 11.7. The highest BCUT2D eigenvalue weighted by atomic mass is 16.3. The summed E-state index contributed by atoms with van der Waals surface area (Å²) < 4.78 is 0. The fraction of sp³-hybridized carbons (Fsp3) is 0.400. The van der Waals surface area contributed by atoms with Gasteiger partial charge < -0.3 is 15.7 Å². The number of aliphatic hydroxyl groups is 1. The molecule has 19 heavy (non-hydrogen) atoms. The van der Waals surface area contributed by atoms with E-state index < -0.39 is 0 Å². The third kappa shape index (κ3) is 6.62. The Morgan fingerprint density at radius 1 is 1.21 bits per heavy atom. The summed E-state index contributed by atoms with van der Waals surface area (Å²) in [5.41, 5.74) is 1.90. The standard InChI is InChI=1S/C15H22N2O2/c1-15(2,3)8-9-16-14(19)17-10-12-4-6-13(11-18)7-5-12/h4-9,18H,10-11H2,1-3H3,(H2,16,17,19)/b9-8+. The Kier molecular flexibility index (Phi) is 5.57. The van der Waals surface area contributed by atoms with E-state index in [9.17, 15) is 4.79 Å². The largest absolute Gasteiger partial charge is 0.392 e. The van der Waals surface area contributed by atoms with Crippen LogP contribution in [0, 0.1) is 5.41 Å². The van der Waals surface area contributed by atoms with Crippen LogP contribution in [0.3, 0.4) is 0 Å². The number of hydrogen-bond acceptors (Lipinski definition) is 2. The Morgan fingerprint density at radius 2 is 1.79 bits per heavy atom. The van der Waals surface area contributed by atoms with Crippen LogP contribution in [0.2, 0.25) is 0 Å². The van der Waals surface area contributed by atoms with Crippen molar-refractivity contribution in [3.8, 4) is 0 Å². The van der Waals surface area contributed by atoms with Gasteiger partial charge >= 0.3 is 6.03 Å². The Hall–Kier alpha value is -1.81. The summed E-state index contributed by atoms with van der Waals surface area (Å²) in [6.45, 7) is 6.68. The topological polar surface area (TPSA) is 61.4 Å². The Balaban J connectivity index is 2.35. The summed E-state index contributed by atoms with van der Waals surface area (Å²) in [4.78, 5) is 11.5. The molecule has 0 saturated carbocycles. The molecule has 0 saturated heterocycles. The first-order chi connectivity index (χ1) is 8.90. The van der Waals surface area contributed by atoms with Crippen LogP contribution >= 0.6 is 0 Å². The molecule has 0 aliphatic rings. The number of aliphatic hydroxyl groups excluding tert-OH is 1. The van der Waals surface area contributed by atoms with Crippen molar-refractivity contribution in [2.24, 2.45) is 5.41 Å². The van der Waals surface area contributed by atoms with Crippen LogP contribution in [-0.4, -0.2) is 11.1 Å². The van der Waals surface area contributed by atoms with Gasteiger partial charge in [-0.2, -0.15) is 0 Å². The summed E-state index contributed by atoms with van der Waals surface area (Å²) in [6.07, 6.45) is 3.59. The molecular formula is C15H22N2O2. The molecule has 0 fully saturated rings. The maximum absolute atomic E-state index is 11.5. The Labute approximate surface area is 114 Å². The molecule has 1 rings (SSSR count). The van der Waals surface area contributed by atoms with Crippen molar-refractivity contribution in [1.82, 2.24) is 10.6 Å². The number of carbonyl (C=O) groups is 1. The molecular weight excluding hydrogens is 240 g/mol. The van der Waals surface area contributed by atoms with E-state index in [0.717, 1.165) is 11.1 Å². The molecule has 2 amide bonds. The second-order valence-corrected chi connectivity index (χ2v) is 5.50. The molecule has 0 heterocycles. The summed E-state index contributed by atoms with van der Waals surface area (Å²) in [5.74, 6) is 0. The lowest BCUT2D eigenvalue weighted by Gasteiger charge is -2.11. The quantitative estimate of drug-likeness (QED) is 0.781. The predicted molar refractivity (Wildman–Crippen MR) is 76.3 cm³/mol. The molecule has 0 spiro atoms. The van der Waals surface area contributed by atoms with Gasteiger partial charge in [-0.05, 0) is 16.5 Å². The van der Waals surface area contributed by atoms with Gasteiger partial charge in [-0.15, -0.1) is 0 Å². The van der Waals surface area contributed by atoms with E-state index in [1.807, 2.05) is 30.3 Å². The van der Waals surface area contributed by atoms with Crippen LogP contribution in [0.1, 0.15) is 31.9 Å². The predicted octanol–water partition coefficient (Wildman–Crippen LogP) is 2.54. The highest BCUT2D eigenvalue weighted by Gasteiger charge is 2.04. The zero-order valence-electron chi connectivity index (χ0n) is 11.7. The minimum absolute atomic E-state index is 0.0335. The number of hydrogen-bond donors (Lipinski definition) is 3. The molecule has 0 aliphatic heterocycles. The van der Waals surface area contributed by atoms with Gasteiger partial charge in [-0.25, -0.2) is 4.79 Å². The summed E-state index contributed by atoms with van der Waals surface area (Å²) in [5, 5.41) is 14.3. The number of allylic oxidation sites excluding steroid dienone is 1. The number of carbonyl (C=O) groups excluding carboxylic acids is 1. The average Bonchev–Trinajstić information content (AvgIpc) is 2.35. The van der Waals surface area contributed by atoms with Crippen molar-refractivity contribution in [1.29, 1.82) is 0 Å². The highest BCUT2D eigenvalue weighted by molar-refractivity contribution is 5.74. The molecule has 0 aromatic heterocycles. The van der Waals surface area contributed by atoms with Gasteiger partial charge in [0.25, 0.3) is 0 Å². The normalized spacial score (nSPS) is 11.6.